The lowest BCUT2D eigenvalue weighted by Gasteiger charge is -2.16. The summed E-state index contributed by atoms with van der Waals surface area (Å²) >= 11 is 0. The minimum atomic E-state index is -0.488. The van der Waals surface area contributed by atoms with Crippen LogP contribution < -0.4 is 10.5 Å². The quantitative estimate of drug-likeness (QED) is 0.584. The number of unbranched alkanes of at least 4 members (excludes halogenated alkanes) is 3. The van der Waals surface area contributed by atoms with Gasteiger partial charge in [0.2, 0.25) is 5.88 Å². The summed E-state index contributed by atoms with van der Waals surface area (Å²) in [4.78, 5) is 15.8. The molecule has 1 unspecified atom stereocenters. The minimum absolute atomic E-state index is 0.00591. The summed E-state index contributed by atoms with van der Waals surface area (Å²) in [6.07, 6.45) is 7.17. The molecule has 0 aliphatic rings. The lowest BCUT2D eigenvalue weighted by molar-refractivity contribution is 0.0591. The fraction of sp³-hybridized carbons (Fsp3) is 0.600. The van der Waals surface area contributed by atoms with Crippen LogP contribution in [0.3, 0.4) is 0 Å². The number of nitrogens with zero attached hydrogens (tertiary/aromatic N) is 1. The molecule has 0 aromatic carbocycles. The summed E-state index contributed by atoms with van der Waals surface area (Å²) in [7, 11) is 1.32. The zero-order valence-electron chi connectivity index (χ0n) is 12.5. The number of ether oxygens (including phenoxy) is 2. The number of anilines is 1. The van der Waals surface area contributed by atoms with Gasteiger partial charge in [0.1, 0.15) is 5.56 Å². The SMILES string of the molecule is CCCCCCC(C)Oc1ncc(N)cc1C(=O)OC. The Labute approximate surface area is 120 Å². The molecule has 0 saturated carbocycles. The van der Waals surface area contributed by atoms with E-state index in [2.05, 4.69) is 11.9 Å². The maximum atomic E-state index is 11.7. The lowest BCUT2D eigenvalue weighted by Crippen LogP contribution is -2.16. The fourth-order valence-corrected chi connectivity index (χ4v) is 1.93. The molecule has 0 fully saturated rings. The molecule has 20 heavy (non-hydrogen) atoms. The van der Waals surface area contributed by atoms with Crippen LogP contribution in [0, 0.1) is 0 Å². The van der Waals surface area contributed by atoms with Gasteiger partial charge in [-0.25, -0.2) is 9.78 Å². The lowest BCUT2D eigenvalue weighted by atomic mass is 10.1. The summed E-state index contributed by atoms with van der Waals surface area (Å²) in [6.45, 7) is 4.16. The number of esters is 1. The van der Waals surface area contributed by atoms with Crippen LogP contribution in [-0.2, 0) is 4.74 Å². The first kappa shape index (κ1) is 16.3. The molecule has 1 aromatic heterocycles. The van der Waals surface area contributed by atoms with Crippen LogP contribution in [0.2, 0.25) is 0 Å². The molecule has 5 nitrogen and oxygen atoms in total. The van der Waals surface area contributed by atoms with Gasteiger partial charge in [-0.2, -0.15) is 0 Å². The number of nitrogen functional groups attached to an aromatic ring is 1. The number of pyridine rings is 1. The van der Waals surface area contributed by atoms with Gasteiger partial charge in [0.05, 0.1) is 25.1 Å². The maximum Gasteiger partial charge on any atom is 0.343 e. The zero-order chi connectivity index (χ0) is 15.0. The van der Waals surface area contributed by atoms with Crippen molar-refractivity contribution in [3.05, 3.63) is 17.8 Å². The molecule has 0 saturated heterocycles. The Morgan fingerprint density at radius 2 is 2.15 bits per heavy atom. The molecule has 1 aromatic rings. The van der Waals surface area contributed by atoms with Gasteiger partial charge in [0.15, 0.2) is 0 Å². The molecular formula is C15H24N2O3. The molecule has 1 heterocycles. The van der Waals surface area contributed by atoms with E-state index in [9.17, 15) is 4.79 Å². The topological polar surface area (TPSA) is 74.4 Å². The van der Waals surface area contributed by atoms with E-state index in [1.165, 1.54) is 38.6 Å². The zero-order valence-corrected chi connectivity index (χ0v) is 12.5. The minimum Gasteiger partial charge on any atom is -0.474 e. The first-order valence-electron chi connectivity index (χ1n) is 7.09. The molecule has 2 N–H and O–H groups in total. The van der Waals surface area contributed by atoms with E-state index in [0.29, 0.717) is 5.69 Å². The maximum absolute atomic E-state index is 11.7. The molecule has 1 atom stereocenters. The second-order valence-corrected chi connectivity index (χ2v) is 4.89. The fourth-order valence-electron chi connectivity index (χ4n) is 1.93. The van der Waals surface area contributed by atoms with Gasteiger partial charge < -0.3 is 15.2 Å². The summed E-state index contributed by atoms with van der Waals surface area (Å²) in [6, 6.07) is 1.53. The molecule has 0 amide bonds. The highest BCUT2D eigenvalue weighted by Gasteiger charge is 2.17. The molecule has 0 aliphatic carbocycles. The van der Waals surface area contributed by atoms with Crippen LogP contribution in [0.15, 0.2) is 12.3 Å². The summed E-state index contributed by atoms with van der Waals surface area (Å²) in [5.74, 6) is -0.202. The van der Waals surface area contributed by atoms with Crippen molar-refractivity contribution in [1.82, 2.24) is 4.98 Å². The van der Waals surface area contributed by atoms with E-state index in [0.717, 1.165) is 12.8 Å². The second-order valence-electron chi connectivity index (χ2n) is 4.89. The third kappa shape index (κ3) is 5.07. The highest BCUT2D eigenvalue weighted by molar-refractivity contribution is 5.92. The number of methoxy groups -OCH3 is 1. The van der Waals surface area contributed by atoms with Crippen molar-refractivity contribution in [3.63, 3.8) is 0 Å². The molecule has 112 valence electrons. The number of hydrogen-bond acceptors (Lipinski definition) is 5. The standard InChI is InChI=1S/C15H24N2O3/c1-4-5-6-7-8-11(2)20-14-13(15(18)19-3)9-12(16)10-17-14/h9-11H,4-8,16H2,1-3H3. The van der Waals surface area contributed by atoms with Gasteiger partial charge in [0, 0.05) is 0 Å². The first-order chi connectivity index (χ1) is 9.58. The second kappa shape index (κ2) is 8.40. The average Bonchev–Trinajstić information content (AvgIpc) is 2.44. The van der Waals surface area contributed by atoms with E-state index in [1.54, 1.807) is 0 Å². The molecule has 0 radical (unpaired) electrons. The van der Waals surface area contributed by atoms with Gasteiger partial charge in [0.25, 0.3) is 0 Å². The van der Waals surface area contributed by atoms with Crippen molar-refractivity contribution in [2.45, 2.75) is 52.1 Å². The highest BCUT2D eigenvalue weighted by atomic mass is 16.5. The Balaban J connectivity index is 2.64. The number of carbonyl (C=O) groups excluding carboxylic acids is 1. The number of carbonyl (C=O) groups is 1. The van der Waals surface area contributed by atoms with Crippen molar-refractivity contribution in [2.75, 3.05) is 12.8 Å². The van der Waals surface area contributed by atoms with Crippen molar-refractivity contribution >= 4 is 11.7 Å². The van der Waals surface area contributed by atoms with Crippen molar-refractivity contribution in [3.8, 4) is 5.88 Å². The van der Waals surface area contributed by atoms with Crippen LogP contribution >= 0.6 is 0 Å². The third-order valence-corrected chi connectivity index (χ3v) is 3.05. The van der Waals surface area contributed by atoms with Crippen molar-refractivity contribution < 1.29 is 14.3 Å². The summed E-state index contributed by atoms with van der Waals surface area (Å²) in [5.41, 5.74) is 6.32. The monoisotopic (exact) mass is 280 g/mol. The Kier molecular flexibility index (Phi) is 6.84. The normalized spacial score (nSPS) is 11.9. The van der Waals surface area contributed by atoms with Gasteiger partial charge in [-0.15, -0.1) is 0 Å². The van der Waals surface area contributed by atoms with Crippen LogP contribution in [-0.4, -0.2) is 24.2 Å². The first-order valence-corrected chi connectivity index (χ1v) is 7.09. The average molecular weight is 280 g/mol. The van der Waals surface area contributed by atoms with E-state index in [4.69, 9.17) is 15.2 Å². The Hall–Kier alpha value is -1.78. The van der Waals surface area contributed by atoms with E-state index < -0.39 is 5.97 Å². The molecular weight excluding hydrogens is 256 g/mol. The smallest absolute Gasteiger partial charge is 0.343 e. The Morgan fingerprint density at radius 1 is 1.40 bits per heavy atom. The predicted molar refractivity (Wildman–Crippen MR) is 78.8 cm³/mol. The van der Waals surface area contributed by atoms with Gasteiger partial charge in [-0.1, -0.05) is 26.2 Å². The summed E-state index contributed by atoms with van der Waals surface area (Å²) in [5, 5.41) is 0. The van der Waals surface area contributed by atoms with E-state index >= 15 is 0 Å². The molecule has 5 heteroatoms. The number of rotatable bonds is 8. The highest BCUT2D eigenvalue weighted by Crippen LogP contribution is 2.21. The van der Waals surface area contributed by atoms with E-state index in [1.807, 2.05) is 6.92 Å². The predicted octanol–water partition coefficient (Wildman–Crippen LogP) is 3.19. The number of nitrogens with two attached hydrogens (primary N) is 1. The van der Waals surface area contributed by atoms with Crippen LogP contribution in [0.1, 0.15) is 56.3 Å². The Morgan fingerprint density at radius 3 is 2.80 bits per heavy atom. The summed E-state index contributed by atoms with van der Waals surface area (Å²) < 4.78 is 10.4. The van der Waals surface area contributed by atoms with Gasteiger partial charge in [-0.05, 0) is 25.8 Å². The van der Waals surface area contributed by atoms with Crippen molar-refractivity contribution in [2.24, 2.45) is 0 Å². The molecule has 0 aliphatic heterocycles. The largest absolute Gasteiger partial charge is 0.474 e. The third-order valence-electron chi connectivity index (χ3n) is 3.05. The number of hydrogen-bond donors (Lipinski definition) is 1. The van der Waals surface area contributed by atoms with Gasteiger partial charge >= 0.3 is 5.97 Å². The van der Waals surface area contributed by atoms with E-state index in [-0.39, 0.29) is 17.5 Å². The molecule has 1 rings (SSSR count). The van der Waals surface area contributed by atoms with Gasteiger partial charge in [-0.3, -0.25) is 0 Å². The van der Waals surface area contributed by atoms with Crippen LogP contribution in [0.4, 0.5) is 5.69 Å². The van der Waals surface area contributed by atoms with Crippen LogP contribution in [0.25, 0.3) is 0 Å². The number of aromatic nitrogens is 1. The molecule has 0 spiro atoms. The Bertz CT molecular complexity index is 435. The molecule has 0 bridgehead atoms. The van der Waals surface area contributed by atoms with Crippen LogP contribution in [0.5, 0.6) is 5.88 Å². The van der Waals surface area contributed by atoms with Crippen molar-refractivity contribution in [1.29, 1.82) is 0 Å².